The minimum absolute atomic E-state index is 0.0674. The maximum atomic E-state index is 13.4. The quantitative estimate of drug-likeness (QED) is 0.583. The zero-order valence-corrected chi connectivity index (χ0v) is 20.0. The molecule has 2 N–H and O–H groups in total. The van der Waals surface area contributed by atoms with Gasteiger partial charge in [0.15, 0.2) is 0 Å². The molecule has 3 aliphatic rings. The average molecular weight is 477 g/mol. The molecule has 0 unspecified atom stereocenters. The van der Waals surface area contributed by atoms with E-state index in [9.17, 15) is 19.5 Å². The number of ether oxygens (including phenoxy) is 1. The van der Waals surface area contributed by atoms with Gasteiger partial charge in [0.25, 0.3) is 0 Å². The van der Waals surface area contributed by atoms with E-state index in [4.69, 9.17) is 4.74 Å². The lowest BCUT2D eigenvalue weighted by atomic mass is 9.94. The molecule has 0 bridgehead atoms. The van der Waals surface area contributed by atoms with Crippen LogP contribution in [-0.4, -0.2) is 53.2 Å². The van der Waals surface area contributed by atoms with Crippen molar-refractivity contribution in [3.05, 3.63) is 59.7 Å². The molecule has 1 atom stereocenters. The fourth-order valence-corrected chi connectivity index (χ4v) is 5.79. The van der Waals surface area contributed by atoms with E-state index >= 15 is 0 Å². The molecule has 2 saturated carbocycles. The number of likely N-dealkylation sites (N-methyl/N-ethyl adjacent to an activating group) is 1. The Morgan fingerprint density at radius 2 is 1.60 bits per heavy atom. The van der Waals surface area contributed by atoms with E-state index < -0.39 is 23.6 Å². The van der Waals surface area contributed by atoms with Crippen LogP contribution in [-0.2, 0) is 14.3 Å². The number of nitrogens with one attached hydrogen (secondary N) is 1. The number of nitrogens with zero attached hydrogens (tertiary/aromatic N) is 1. The van der Waals surface area contributed by atoms with Crippen LogP contribution in [0.1, 0.15) is 62.0 Å². The average Bonchev–Trinajstić information content (AvgIpc) is 3.43. The summed E-state index contributed by atoms with van der Waals surface area (Å²) in [5, 5.41) is 12.7. The zero-order chi connectivity index (χ0) is 24.6. The van der Waals surface area contributed by atoms with Crippen LogP contribution in [0.3, 0.4) is 0 Å². The first-order chi connectivity index (χ1) is 16.9. The summed E-state index contributed by atoms with van der Waals surface area (Å²) in [5.41, 5.74) is 3.35. The van der Waals surface area contributed by atoms with Crippen LogP contribution < -0.4 is 5.32 Å². The van der Waals surface area contributed by atoms with E-state index in [2.05, 4.69) is 29.6 Å². The molecule has 184 valence electrons. The summed E-state index contributed by atoms with van der Waals surface area (Å²) in [6.07, 6.45) is 4.32. The van der Waals surface area contributed by atoms with Gasteiger partial charge in [-0.3, -0.25) is 4.79 Å². The van der Waals surface area contributed by atoms with E-state index in [1.165, 1.54) is 4.90 Å². The van der Waals surface area contributed by atoms with Gasteiger partial charge in [-0.25, -0.2) is 9.59 Å². The Morgan fingerprint density at radius 1 is 1.03 bits per heavy atom. The van der Waals surface area contributed by atoms with Crippen molar-refractivity contribution in [3.8, 4) is 11.1 Å². The van der Waals surface area contributed by atoms with E-state index in [1.54, 1.807) is 7.05 Å². The maximum absolute atomic E-state index is 13.4. The van der Waals surface area contributed by atoms with Gasteiger partial charge < -0.3 is 20.1 Å². The molecule has 0 radical (unpaired) electrons. The molecule has 2 aromatic rings. The van der Waals surface area contributed by atoms with E-state index in [-0.39, 0.29) is 18.4 Å². The van der Waals surface area contributed by atoms with Crippen molar-refractivity contribution in [2.24, 2.45) is 5.92 Å². The first-order valence-electron chi connectivity index (χ1n) is 12.5. The molecule has 0 heterocycles. The fourth-order valence-electron chi connectivity index (χ4n) is 5.79. The van der Waals surface area contributed by atoms with Gasteiger partial charge in [-0.15, -0.1) is 0 Å². The number of amides is 2. The van der Waals surface area contributed by atoms with Crippen LogP contribution in [0.15, 0.2) is 48.5 Å². The van der Waals surface area contributed by atoms with Crippen LogP contribution >= 0.6 is 0 Å². The van der Waals surface area contributed by atoms with Crippen molar-refractivity contribution < 1.29 is 24.2 Å². The van der Waals surface area contributed by atoms with E-state index in [0.717, 1.165) is 47.9 Å². The topological polar surface area (TPSA) is 95.9 Å². The van der Waals surface area contributed by atoms with Crippen molar-refractivity contribution in [1.82, 2.24) is 10.2 Å². The Morgan fingerprint density at radius 3 is 2.14 bits per heavy atom. The number of carbonyl (C=O) groups is 3. The summed E-state index contributed by atoms with van der Waals surface area (Å²) in [6.45, 7) is 0.166. The second kappa shape index (κ2) is 9.36. The number of carboxylic acid groups (broad SMARTS) is 1. The SMILES string of the molecule is CN(C(=O)[C@H](CC1CC1)NC(=O)OCC1c2ccccc2-c2ccccc21)C1(C(=O)O)CCCC1. The largest absolute Gasteiger partial charge is 0.479 e. The van der Waals surface area contributed by atoms with Crippen molar-refractivity contribution in [2.45, 2.75) is 62.4 Å². The Labute approximate surface area is 205 Å². The number of carboxylic acids is 1. The molecule has 5 rings (SSSR count). The molecule has 2 fully saturated rings. The molecule has 0 aromatic heterocycles. The summed E-state index contributed by atoms with van der Waals surface area (Å²) in [4.78, 5) is 39.8. The molecule has 0 spiro atoms. The van der Waals surface area contributed by atoms with Crippen molar-refractivity contribution in [3.63, 3.8) is 0 Å². The van der Waals surface area contributed by atoms with Gasteiger partial charge in [-0.2, -0.15) is 0 Å². The Bertz CT molecular complexity index is 1090. The molecular weight excluding hydrogens is 444 g/mol. The fraction of sp³-hybridized carbons (Fsp3) is 0.464. The van der Waals surface area contributed by atoms with Gasteiger partial charge in [0.1, 0.15) is 18.2 Å². The van der Waals surface area contributed by atoms with Crippen LogP contribution in [0.2, 0.25) is 0 Å². The third-order valence-electron chi connectivity index (χ3n) is 8.00. The molecule has 35 heavy (non-hydrogen) atoms. The monoisotopic (exact) mass is 476 g/mol. The number of alkyl carbamates (subject to hydrolysis) is 1. The first-order valence-corrected chi connectivity index (χ1v) is 12.5. The number of fused-ring (bicyclic) bond motifs is 3. The predicted molar refractivity (Wildman–Crippen MR) is 131 cm³/mol. The number of rotatable bonds is 8. The highest BCUT2D eigenvalue weighted by Gasteiger charge is 2.48. The van der Waals surface area contributed by atoms with E-state index in [1.807, 2.05) is 24.3 Å². The summed E-state index contributed by atoms with van der Waals surface area (Å²) >= 11 is 0. The number of benzene rings is 2. The van der Waals surface area contributed by atoms with E-state index in [0.29, 0.717) is 25.2 Å². The standard InChI is InChI=1S/C28H32N2O5/c1-30(28(26(32)33)14-6-7-15-28)25(31)24(16-18-12-13-18)29-27(34)35-17-23-21-10-4-2-8-19(21)20-9-3-5-11-22(20)23/h2-5,8-11,18,23-24H,6-7,12-17H2,1H3,(H,29,34)(H,32,33)/t24-/m0/s1. The van der Waals surface area contributed by atoms with Gasteiger partial charge in [0.2, 0.25) is 5.91 Å². The molecule has 0 saturated heterocycles. The van der Waals surface area contributed by atoms with Crippen LogP contribution in [0.4, 0.5) is 4.79 Å². The summed E-state index contributed by atoms with van der Waals surface area (Å²) in [7, 11) is 1.56. The van der Waals surface area contributed by atoms with Gasteiger partial charge >= 0.3 is 12.1 Å². The molecule has 2 amide bonds. The van der Waals surface area contributed by atoms with Crippen LogP contribution in [0.25, 0.3) is 11.1 Å². The van der Waals surface area contributed by atoms with Crippen molar-refractivity contribution in [2.75, 3.05) is 13.7 Å². The Balaban J connectivity index is 1.28. The van der Waals surface area contributed by atoms with Gasteiger partial charge in [0, 0.05) is 13.0 Å². The molecule has 3 aliphatic carbocycles. The Hall–Kier alpha value is -3.35. The van der Waals surface area contributed by atoms with Gasteiger partial charge in [0.05, 0.1) is 0 Å². The number of hydrogen-bond donors (Lipinski definition) is 2. The molecular formula is C28H32N2O5. The maximum Gasteiger partial charge on any atom is 0.407 e. The molecule has 7 nitrogen and oxygen atoms in total. The van der Waals surface area contributed by atoms with Gasteiger partial charge in [-0.05, 0) is 47.4 Å². The second-order valence-electron chi connectivity index (χ2n) is 10.1. The highest BCUT2D eigenvalue weighted by atomic mass is 16.5. The summed E-state index contributed by atoms with van der Waals surface area (Å²) in [5.74, 6) is -1.02. The number of carbonyl (C=O) groups excluding carboxylic acids is 2. The highest BCUT2D eigenvalue weighted by Crippen LogP contribution is 2.44. The van der Waals surface area contributed by atoms with Crippen molar-refractivity contribution >= 4 is 18.0 Å². The third-order valence-corrected chi connectivity index (χ3v) is 8.00. The normalized spacial score (nSPS) is 18.9. The minimum atomic E-state index is -1.19. The van der Waals surface area contributed by atoms with Gasteiger partial charge in [-0.1, -0.05) is 74.2 Å². The lowest BCUT2D eigenvalue weighted by molar-refractivity contribution is -0.158. The first kappa shape index (κ1) is 23.4. The lowest BCUT2D eigenvalue weighted by Gasteiger charge is -2.37. The Kier molecular flexibility index (Phi) is 6.26. The van der Waals surface area contributed by atoms with Crippen LogP contribution in [0, 0.1) is 5.92 Å². The molecule has 0 aliphatic heterocycles. The summed E-state index contributed by atoms with van der Waals surface area (Å²) in [6, 6.07) is 15.5. The smallest absolute Gasteiger partial charge is 0.407 e. The second-order valence-corrected chi connectivity index (χ2v) is 10.1. The van der Waals surface area contributed by atoms with Crippen LogP contribution in [0.5, 0.6) is 0 Å². The zero-order valence-electron chi connectivity index (χ0n) is 20.0. The predicted octanol–water partition coefficient (Wildman–Crippen LogP) is 4.55. The molecule has 2 aromatic carbocycles. The molecule has 7 heteroatoms. The number of hydrogen-bond acceptors (Lipinski definition) is 4. The summed E-state index contributed by atoms with van der Waals surface area (Å²) < 4.78 is 5.66. The van der Waals surface area contributed by atoms with Crippen molar-refractivity contribution in [1.29, 1.82) is 0 Å². The number of aliphatic carboxylic acids is 1. The third kappa shape index (κ3) is 4.40. The highest BCUT2D eigenvalue weighted by molar-refractivity contribution is 5.91. The lowest BCUT2D eigenvalue weighted by Crippen LogP contribution is -2.58. The minimum Gasteiger partial charge on any atom is -0.479 e.